The minimum atomic E-state index is -3.23. The van der Waals surface area contributed by atoms with Crippen LogP contribution in [0.2, 0.25) is 0 Å². The lowest BCUT2D eigenvalue weighted by Gasteiger charge is -2.17. The Morgan fingerprint density at radius 2 is 2.18 bits per heavy atom. The molecule has 3 rings (SSSR count). The second kappa shape index (κ2) is 5.81. The molecular formula is C13H20N6O2S. The van der Waals surface area contributed by atoms with E-state index in [-0.39, 0.29) is 12.0 Å². The van der Waals surface area contributed by atoms with Crippen molar-refractivity contribution in [1.82, 2.24) is 24.7 Å². The predicted octanol–water partition coefficient (Wildman–Crippen LogP) is 0.507. The van der Waals surface area contributed by atoms with Gasteiger partial charge in [-0.05, 0) is 12.3 Å². The van der Waals surface area contributed by atoms with Crippen molar-refractivity contribution in [3.63, 3.8) is 0 Å². The van der Waals surface area contributed by atoms with Gasteiger partial charge in [0.1, 0.15) is 11.8 Å². The van der Waals surface area contributed by atoms with Crippen LogP contribution in [0.5, 0.6) is 0 Å². The Morgan fingerprint density at radius 3 is 2.91 bits per heavy atom. The van der Waals surface area contributed by atoms with E-state index >= 15 is 0 Å². The van der Waals surface area contributed by atoms with Gasteiger partial charge in [0, 0.05) is 19.1 Å². The topological polar surface area (TPSA) is 104 Å². The number of imidazole rings is 1. The Morgan fingerprint density at radius 1 is 1.36 bits per heavy atom. The van der Waals surface area contributed by atoms with Crippen LogP contribution in [-0.4, -0.2) is 53.7 Å². The molecule has 2 N–H and O–H groups in total. The quantitative estimate of drug-likeness (QED) is 0.830. The minimum Gasteiger partial charge on any atom is -0.353 e. The lowest BCUT2D eigenvalue weighted by atomic mass is 9.99. The largest absolute Gasteiger partial charge is 0.353 e. The molecule has 0 saturated carbocycles. The van der Waals surface area contributed by atoms with Crippen LogP contribution in [0.3, 0.4) is 0 Å². The van der Waals surface area contributed by atoms with Gasteiger partial charge in [0.15, 0.2) is 11.5 Å². The molecule has 2 aromatic heterocycles. The summed E-state index contributed by atoms with van der Waals surface area (Å²) < 4.78 is 25.9. The molecule has 8 nitrogen and oxygen atoms in total. The molecular weight excluding hydrogens is 304 g/mol. The third-order valence-electron chi connectivity index (χ3n) is 3.97. The number of H-pyrrole nitrogens is 1. The Balaban J connectivity index is 1.88. The van der Waals surface area contributed by atoms with Gasteiger partial charge in [-0.15, -0.1) is 0 Å². The Hall–Kier alpha value is -1.74. The fourth-order valence-electron chi connectivity index (χ4n) is 3.11. The summed E-state index contributed by atoms with van der Waals surface area (Å²) in [5.74, 6) is 1.05. The normalized spacial score (nSPS) is 22.5. The summed E-state index contributed by atoms with van der Waals surface area (Å²) in [4.78, 5) is 17.8. The molecule has 1 aliphatic rings. The molecule has 2 aromatic rings. The van der Waals surface area contributed by atoms with Gasteiger partial charge >= 0.3 is 0 Å². The first-order chi connectivity index (χ1) is 10.5. The fraction of sp³-hybridized carbons (Fsp3) is 0.615. The average Bonchev–Trinajstić information content (AvgIpc) is 3.04. The van der Waals surface area contributed by atoms with Crippen molar-refractivity contribution in [3.05, 3.63) is 12.7 Å². The highest BCUT2D eigenvalue weighted by Gasteiger charge is 2.35. The first kappa shape index (κ1) is 15.2. The van der Waals surface area contributed by atoms with E-state index in [1.54, 1.807) is 6.33 Å². The Bertz CT molecular complexity index is 759. The number of nitrogens with one attached hydrogen (secondary N) is 2. The van der Waals surface area contributed by atoms with E-state index in [1.807, 2.05) is 0 Å². The van der Waals surface area contributed by atoms with Gasteiger partial charge in [0.2, 0.25) is 10.0 Å². The number of rotatable bonds is 5. The zero-order chi connectivity index (χ0) is 15.7. The highest BCUT2D eigenvalue weighted by atomic mass is 32.2. The van der Waals surface area contributed by atoms with Crippen molar-refractivity contribution in [2.45, 2.75) is 25.8 Å². The SMILES string of the molecule is CCC[C@@H]1CN(c2ncnc3nc[nH]c23)C[C@H]1NS(C)(=O)=O. The van der Waals surface area contributed by atoms with Crippen LogP contribution in [0.4, 0.5) is 5.82 Å². The molecule has 0 unspecified atom stereocenters. The maximum atomic E-state index is 11.6. The van der Waals surface area contributed by atoms with E-state index in [0.717, 1.165) is 30.7 Å². The van der Waals surface area contributed by atoms with E-state index in [0.29, 0.717) is 12.2 Å². The van der Waals surface area contributed by atoms with Crippen molar-refractivity contribution < 1.29 is 8.42 Å². The predicted molar refractivity (Wildman–Crippen MR) is 84.1 cm³/mol. The van der Waals surface area contributed by atoms with Gasteiger partial charge in [-0.1, -0.05) is 13.3 Å². The van der Waals surface area contributed by atoms with Crippen LogP contribution in [0, 0.1) is 5.92 Å². The molecule has 0 amide bonds. The summed E-state index contributed by atoms with van der Waals surface area (Å²) in [5.41, 5.74) is 1.41. The Labute approximate surface area is 129 Å². The highest BCUT2D eigenvalue weighted by molar-refractivity contribution is 7.88. The van der Waals surface area contributed by atoms with Gasteiger partial charge in [-0.3, -0.25) is 0 Å². The molecule has 0 radical (unpaired) electrons. The number of fused-ring (bicyclic) bond motifs is 1. The molecule has 2 atom stereocenters. The number of aromatic amines is 1. The molecule has 0 bridgehead atoms. The smallest absolute Gasteiger partial charge is 0.209 e. The number of hydrogen-bond acceptors (Lipinski definition) is 6. The second-order valence-electron chi connectivity index (χ2n) is 5.75. The van der Waals surface area contributed by atoms with Crippen LogP contribution >= 0.6 is 0 Å². The van der Waals surface area contributed by atoms with Gasteiger partial charge in [-0.2, -0.15) is 0 Å². The van der Waals surface area contributed by atoms with Crippen LogP contribution in [0.15, 0.2) is 12.7 Å². The summed E-state index contributed by atoms with van der Waals surface area (Å²) in [7, 11) is -3.23. The monoisotopic (exact) mass is 324 g/mol. The Kier molecular flexibility index (Phi) is 4.00. The van der Waals surface area contributed by atoms with Crippen LogP contribution in [0.25, 0.3) is 11.2 Å². The van der Waals surface area contributed by atoms with Crippen LogP contribution in [0.1, 0.15) is 19.8 Å². The van der Waals surface area contributed by atoms with Crippen molar-refractivity contribution in [3.8, 4) is 0 Å². The van der Waals surface area contributed by atoms with Gasteiger partial charge in [0.25, 0.3) is 0 Å². The molecule has 1 saturated heterocycles. The number of hydrogen-bond donors (Lipinski definition) is 2. The number of anilines is 1. The average molecular weight is 324 g/mol. The van der Waals surface area contributed by atoms with Crippen molar-refractivity contribution in [1.29, 1.82) is 0 Å². The lowest BCUT2D eigenvalue weighted by Crippen LogP contribution is -2.40. The highest BCUT2D eigenvalue weighted by Crippen LogP contribution is 2.29. The van der Waals surface area contributed by atoms with Crippen LogP contribution in [-0.2, 0) is 10.0 Å². The number of sulfonamides is 1. The zero-order valence-corrected chi connectivity index (χ0v) is 13.5. The molecule has 1 aliphatic heterocycles. The van der Waals surface area contributed by atoms with E-state index in [4.69, 9.17) is 0 Å². The minimum absolute atomic E-state index is 0.0945. The lowest BCUT2D eigenvalue weighted by molar-refractivity contribution is 0.442. The maximum absolute atomic E-state index is 11.6. The molecule has 0 spiro atoms. The molecule has 22 heavy (non-hydrogen) atoms. The summed E-state index contributed by atoms with van der Waals surface area (Å²) >= 11 is 0. The van der Waals surface area contributed by atoms with Crippen molar-refractivity contribution in [2.24, 2.45) is 5.92 Å². The first-order valence-corrected chi connectivity index (χ1v) is 9.23. The van der Waals surface area contributed by atoms with Crippen molar-refractivity contribution in [2.75, 3.05) is 24.2 Å². The molecule has 1 fully saturated rings. The summed E-state index contributed by atoms with van der Waals surface area (Å²) in [6, 6.07) is -0.0945. The summed E-state index contributed by atoms with van der Waals surface area (Å²) in [6.07, 6.45) is 6.28. The third kappa shape index (κ3) is 3.05. The van der Waals surface area contributed by atoms with Gasteiger partial charge < -0.3 is 9.88 Å². The second-order valence-corrected chi connectivity index (χ2v) is 7.53. The van der Waals surface area contributed by atoms with E-state index < -0.39 is 10.0 Å². The fourth-order valence-corrected chi connectivity index (χ4v) is 3.93. The maximum Gasteiger partial charge on any atom is 0.209 e. The third-order valence-corrected chi connectivity index (χ3v) is 4.70. The van der Waals surface area contributed by atoms with E-state index in [1.165, 1.54) is 12.6 Å². The molecule has 0 aromatic carbocycles. The van der Waals surface area contributed by atoms with E-state index in [9.17, 15) is 8.42 Å². The molecule has 9 heteroatoms. The van der Waals surface area contributed by atoms with Crippen molar-refractivity contribution >= 4 is 27.0 Å². The van der Waals surface area contributed by atoms with E-state index in [2.05, 4.69) is 36.5 Å². The van der Waals surface area contributed by atoms with Gasteiger partial charge in [-0.25, -0.2) is 28.1 Å². The summed E-state index contributed by atoms with van der Waals surface area (Å²) in [6.45, 7) is 3.48. The standard InChI is InChI=1S/C13H20N6O2S/c1-3-4-9-5-19(6-10(9)18-22(2,20)21)13-11-12(15-7-14-11)16-8-17-13/h7-10,18H,3-6H2,1-2H3,(H,14,15,16,17)/t9-,10-/m1/s1. The number of aromatic nitrogens is 4. The molecule has 0 aliphatic carbocycles. The van der Waals surface area contributed by atoms with Gasteiger partial charge in [0.05, 0.1) is 12.6 Å². The van der Waals surface area contributed by atoms with Crippen LogP contribution < -0.4 is 9.62 Å². The zero-order valence-electron chi connectivity index (χ0n) is 12.7. The molecule has 120 valence electrons. The summed E-state index contributed by atoms with van der Waals surface area (Å²) in [5, 5.41) is 0. The molecule has 3 heterocycles. The number of nitrogens with zero attached hydrogens (tertiary/aromatic N) is 4. The first-order valence-electron chi connectivity index (χ1n) is 7.34.